The van der Waals surface area contributed by atoms with Gasteiger partial charge in [0.25, 0.3) is 9.05 Å². The molecule has 0 aliphatic heterocycles. The molecule has 10 heteroatoms. The summed E-state index contributed by atoms with van der Waals surface area (Å²) in [4.78, 5) is 11.2. The zero-order valence-corrected chi connectivity index (χ0v) is 8.87. The normalized spacial score (nSPS) is 11.8. The molecule has 0 saturated heterocycles. The Kier molecular flexibility index (Phi) is 3.38. The average Bonchev–Trinajstić information content (AvgIpc) is 2.15. The molecule has 0 aromatic carbocycles. The number of pyridine rings is 1. The second-order valence-electron chi connectivity index (χ2n) is 2.55. The van der Waals surface area contributed by atoms with Crippen molar-refractivity contribution in [3.63, 3.8) is 0 Å². The predicted molar refractivity (Wildman–Crippen MR) is 48.9 cm³/mol. The van der Waals surface area contributed by atoms with Gasteiger partial charge in [0, 0.05) is 16.7 Å². The van der Waals surface area contributed by atoms with Gasteiger partial charge in [0.05, 0.1) is 0 Å². The molecule has 0 fully saturated rings. The molecule has 1 aromatic heterocycles. The summed E-state index contributed by atoms with van der Waals surface area (Å²) >= 11 is 0. The second kappa shape index (κ2) is 4.26. The summed E-state index contributed by atoms with van der Waals surface area (Å²) in [7, 11) is 0.455. The number of nitro groups is 1. The van der Waals surface area contributed by atoms with Crippen molar-refractivity contribution in [1.29, 1.82) is 0 Å². The lowest BCUT2D eigenvalue weighted by atomic mass is 10.3. The van der Waals surface area contributed by atoms with Crippen LogP contribution in [-0.4, -0.2) is 18.3 Å². The first-order valence-electron chi connectivity index (χ1n) is 3.61. The lowest BCUT2D eigenvalue weighted by molar-refractivity contribution is -0.389. The summed E-state index contributed by atoms with van der Waals surface area (Å²) in [5.74, 6) is -0.876. The van der Waals surface area contributed by atoms with Crippen molar-refractivity contribution in [3.8, 4) is 0 Å². The lowest BCUT2D eigenvalue weighted by Gasteiger charge is -2.00. The molecule has 0 aliphatic rings. The third-order valence-electron chi connectivity index (χ3n) is 1.53. The van der Waals surface area contributed by atoms with Crippen molar-refractivity contribution in [3.05, 3.63) is 27.9 Å². The molecule has 0 radical (unpaired) electrons. The van der Waals surface area contributed by atoms with Gasteiger partial charge in [0.15, 0.2) is 0 Å². The fourth-order valence-electron chi connectivity index (χ4n) is 0.916. The average molecular weight is 273 g/mol. The number of halogens is 3. The molecule has 0 amide bonds. The maximum atomic E-state index is 12.4. The van der Waals surface area contributed by atoms with Crippen LogP contribution in [0.3, 0.4) is 0 Å². The van der Waals surface area contributed by atoms with Gasteiger partial charge in [0.2, 0.25) is 5.69 Å². The molecule has 6 nitrogen and oxygen atoms in total. The molecular formula is C6H3ClF2N2O4S. The van der Waals surface area contributed by atoms with E-state index in [4.69, 9.17) is 10.7 Å². The van der Waals surface area contributed by atoms with Crippen LogP contribution in [0.2, 0.25) is 0 Å². The third-order valence-corrected chi connectivity index (χ3v) is 2.90. The van der Waals surface area contributed by atoms with Crippen LogP contribution < -0.4 is 0 Å². The molecule has 0 aliphatic carbocycles. The van der Waals surface area contributed by atoms with Crippen molar-refractivity contribution in [2.75, 3.05) is 0 Å². The van der Waals surface area contributed by atoms with Gasteiger partial charge in [-0.25, -0.2) is 17.2 Å². The first kappa shape index (κ1) is 12.7. The number of hydrogen-bond donors (Lipinski definition) is 0. The van der Waals surface area contributed by atoms with E-state index in [1.54, 1.807) is 0 Å². The van der Waals surface area contributed by atoms with Crippen LogP contribution in [0.1, 0.15) is 12.1 Å². The summed E-state index contributed by atoms with van der Waals surface area (Å²) < 4.78 is 46.5. The smallest absolute Gasteiger partial charge is 0.358 e. The largest absolute Gasteiger partial charge is 0.364 e. The Morgan fingerprint density at radius 1 is 1.44 bits per heavy atom. The van der Waals surface area contributed by atoms with E-state index in [-0.39, 0.29) is 0 Å². The Morgan fingerprint density at radius 3 is 2.38 bits per heavy atom. The van der Waals surface area contributed by atoms with E-state index in [1.807, 2.05) is 0 Å². The summed E-state index contributed by atoms with van der Waals surface area (Å²) in [6.07, 6.45) is -3.27. The zero-order valence-electron chi connectivity index (χ0n) is 7.30. The van der Waals surface area contributed by atoms with E-state index in [1.165, 1.54) is 0 Å². The minimum atomic E-state index is -4.41. The Hall–Kier alpha value is -1.35. The first-order valence-corrected chi connectivity index (χ1v) is 5.92. The van der Waals surface area contributed by atoms with E-state index in [0.717, 1.165) is 0 Å². The van der Waals surface area contributed by atoms with Gasteiger partial charge in [-0.1, -0.05) is 0 Å². The van der Waals surface area contributed by atoms with E-state index in [0.29, 0.717) is 12.1 Å². The molecule has 88 valence electrons. The molecule has 16 heavy (non-hydrogen) atoms. The van der Waals surface area contributed by atoms with E-state index in [2.05, 4.69) is 4.98 Å². The van der Waals surface area contributed by atoms with Crippen LogP contribution in [0, 0.1) is 10.1 Å². The molecule has 1 rings (SSSR count). The fraction of sp³-hybridized carbons (Fsp3) is 0.167. The third kappa shape index (κ3) is 2.61. The SMILES string of the molecule is O=[N+]([O-])c1ccc(S(=O)(=O)Cl)c(C(F)F)n1. The first-order chi connectivity index (χ1) is 7.23. The van der Waals surface area contributed by atoms with Gasteiger partial charge in [-0.15, -0.1) is 0 Å². The van der Waals surface area contributed by atoms with Gasteiger partial charge in [-0.2, -0.15) is 0 Å². The van der Waals surface area contributed by atoms with Gasteiger partial charge in [-0.05, 0) is 16.0 Å². The lowest BCUT2D eigenvalue weighted by Crippen LogP contribution is -2.04. The topological polar surface area (TPSA) is 90.2 Å². The highest BCUT2D eigenvalue weighted by atomic mass is 35.7. The standard InChI is InChI=1S/C6H3ClF2N2O4S/c7-16(14,15)3-1-2-4(11(12)13)10-5(3)6(8)9/h1-2,6H. The highest BCUT2D eigenvalue weighted by molar-refractivity contribution is 8.13. The van der Waals surface area contributed by atoms with Crippen LogP contribution in [0.5, 0.6) is 0 Å². The van der Waals surface area contributed by atoms with E-state index < -0.39 is 36.8 Å². The molecule has 1 aromatic rings. The molecule has 0 bridgehead atoms. The predicted octanol–water partition coefficient (Wildman–Crippen LogP) is 1.85. The van der Waals surface area contributed by atoms with Crippen molar-refractivity contribution in [2.45, 2.75) is 11.3 Å². The summed E-state index contributed by atoms with van der Waals surface area (Å²) in [5.41, 5.74) is -1.23. The van der Waals surface area contributed by atoms with Crippen molar-refractivity contribution in [1.82, 2.24) is 4.98 Å². The van der Waals surface area contributed by atoms with E-state index >= 15 is 0 Å². The molecule has 0 atom stereocenters. The zero-order chi connectivity index (χ0) is 12.5. The number of aromatic nitrogens is 1. The van der Waals surface area contributed by atoms with E-state index in [9.17, 15) is 27.3 Å². The molecule has 0 saturated carbocycles. The van der Waals surface area contributed by atoms with Gasteiger partial charge >= 0.3 is 12.2 Å². The molecule has 0 unspecified atom stereocenters. The molecule has 0 spiro atoms. The number of alkyl halides is 2. The minimum absolute atomic E-state index is 0.620. The number of nitrogens with zero attached hydrogens (tertiary/aromatic N) is 2. The Bertz CT molecular complexity index is 533. The quantitative estimate of drug-likeness (QED) is 0.476. The van der Waals surface area contributed by atoms with Crippen LogP contribution in [-0.2, 0) is 9.05 Å². The number of hydrogen-bond acceptors (Lipinski definition) is 5. The van der Waals surface area contributed by atoms with Gasteiger partial charge in [0.1, 0.15) is 4.90 Å². The Labute approximate surface area is 92.4 Å². The van der Waals surface area contributed by atoms with Crippen molar-refractivity contribution in [2.24, 2.45) is 0 Å². The van der Waals surface area contributed by atoms with Crippen molar-refractivity contribution < 1.29 is 22.1 Å². The van der Waals surface area contributed by atoms with Gasteiger partial charge < -0.3 is 10.1 Å². The monoisotopic (exact) mass is 272 g/mol. The maximum Gasteiger partial charge on any atom is 0.364 e. The molecular weight excluding hydrogens is 270 g/mol. The summed E-state index contributed by atoms with van der Waals surface area (Å²) in [6.45, 7) is 0. The number of rotatable bonds is 3. The van der Waals surface area contributed by atoms with Crippen LogP contribution in [0.4, 0.5) is 14.6 Å². The Morgan fingerprint density at radius 2 is 2.00 bits per heavy atom. The summed E-state index contributed by atoms with van der Waals surface area (Å²) in [5, 5.41) is 10.3. The highest BCUT2D eigenvalue weighted by Crippen LogP contribution is 2.28. The molecule has 0 N–H and O–H groups in total. The highest BCUT2D eigenvalue weighted by Gasteiger charge is 2.29. The fourth-order valence-corrected chi connectivity index (χ4v) is 1.92. The second-order valence-corrected chi connectivity index (χ2v) is 5.08. The summed E-state index contributed by atoms with van der Waals surface area (Å²) in [6, 6.07) is 1.30. The maximum absolute atomic E-state index is 12.4. The minimum Gasteiger partial charge on any atom is -0.358 e. The van der Waals surface area contributed by atoms with Crippen LogP contribution >= 0.6 is 10.7 Å². The Balaban J connectivity index is 3.49. The van der Waals surface area contributed by atoms with Crippen LogP contribution in [0.15, 0.2) is 17.0 Å². The van der Waals surface area contributed by atoms with Gasteiger partial charge in [-0.3, -0.25) is 0 Å². The molecule has 1 heterocycles. The van der Waals surface area contributed by atoms with Crippen molar-refractivity contribution >= 4 is 25.6 Å². The van der Waals surface area contributed by atoms with Crippen LogP contribution in [0.25, 0.3) is 0 Å².